The first-order chi connectivity index (χ1) is 14.7. The number of alkyl halides is 3. The van der Waals surface area contributed by atoms with E-state index in [1.165, 1.54) is 24.5 Å². The summed E-state index contributed by atoms with van der Waals surface area (Å²) in [6, 6.07) is 4.68. The summed E-state index contributed by atoms with van der Waals surface area (Å²) in [7, 11) is 3.86. The zero-order valence-corrected chi connectivity index (χ0v) is 17.5. The normalized spacial score (nSPS) is 15.6. The molecule has 0 spiro atoms. The van der Waals surface area contributed by atoms with Crippen molar-refractivity contribution in [2.45, 2.75) is 24.9 Å². The Bertz CT molecular complexity index is 923. The number of nitrogens with zero attached hydrogens (tertiary/aromatic N) is 4. The number of ether oxygens (including phenoxy) is 1. The topological polar surface area (TPSA) is 58.6 Å². The molecule has 0 radical (unpaired) electrons. The number of carbonyl (C=O) groups is 1. The fourth-order valence-corrected chi connectivity index (χ4v) is 3.39. The van der Waals surface area contributed by atoms with E-state index in [0.717, 1.165) is 12.1 Å². The Kier molecular flexibility index (Phi) is 7.27. The number of carbonyl (C=O) groups excluding carboxylic acids is 1. The molecule has 166 valence electrons. The van der Waals surface area contributed by atoms with E-state index in [4.69, 9.17) is 4.74 Å². The lowest BCUT2D eigenvalue weighted by Crippen LogP contribution is -2.37. The van der Waals surface area contributed by atoms with Crippen LogP contribution < -0.4 is 4.74 Å². The molecular weight excluding hydrogens is 409 g/mol. The SMILES string of the molecule is CN(C)C/C=C/C(=O)N1CCC(c2nccnc2Oc2cccc(C(F)(F)F)c2)CC1. The van der Waals surface area contributed by atoms with Crippen molar-refractivity contribution in [1.29, 1.82) is 0 Å². The first-order valence-corrected chi connectivity index (χ1v) is 10.00. The largest absolute Gasteiger partial charge is 0.437 e. The van der Waals surface area contributed by atoms with Gasteiger partial charge in [-0.2, -0.15) is 13.2 Å². The zero-order chi connectivity index (χ0) is 22.4. The van der Waals surface area contributed by atoms with E-state index in [1.54, 1.807) is 11.0 Å². The average Bonchev–Trinajstić information content (AvgIpc) is 2.73. The van der Waals surface area contributed by atoms with Crippen molar-refractivity contribution in [3.63, 3.8) is 0 Å². The Morgan fingerprint density at radius 1 is 1.23 bits per heavy atom. The number of hydrogen-bond donors (Lipinski definition) is 0. The van der Waals surface area contributed by atoms with Crippen LogP contribution in [-0.2, 0) is 11.0 Å². The Hall–Kier alpha value is -2.94. The second kappa shape index (κ2) is 9.91. The Labute approximate surface area is 179 Å². The second-order valence-corrected chi connectivity index (χ2v) is 7.64. The summed E-state index contributed by atoms with van der Waals surface area (Å²) in [5, 5.41) is 0. The molecule has 1 amide bonds. The van der Waals surface area contributed by atoms with Gasteiger partial charge in [-0.15, -0.1) is 0 Å². The Balaban J connectivity index is 1.67. The number of halogens is 3. The third-order valence-corrected chi connectivity index (χ3v) is 4.99. The minimum atomic E-state index is -4.45. The monoisotopic (exact) mass is 434 g/mol. The highest BCUT2D eigenvalue weighted by Crippen LogP contribution is 2.35. The molecule has 3 rings (SSSR count). The van der Waals surface area contributed by atoms with Gasteiger partial charge in [0.15, 0.2) is 0 Å². The van der Waals surface area contributed by atoms with Gasteiger partial charge in [-0.3, -0.25) is 9.78 Å². The highest BCUT2D eigenvalue weighted by Gasteiger charge is 2.31. The van der Waals surface area contributed by atoms with Gasteiger partial charge in [0.1, 0.15) is 11.4 Å². The number of aromatic nitrogens is 2. The van der Waals surface area contributed by atoms with Crippen molar-refractivity contribution < 1.29 is 22.7 Å². The fourth-order valence-electron chi connectivity index (χ4n) is 3.39. The number of benzene rings is 1. The fraction of sp³-hybridized carbons (Fsp3) is 0.409. The van der Waals surface area contributed by atoms with Gasteiger partial charge in [-0.25, -0.2) is 4.98 Å². The summed E-state index contributed by atoms with van der Waals surface area (Å²) in [5.41, 5.74) is -0.195. The van der Waals surface area contributed by atoms with Gasteiger partial charge in [0.2, 0.25) is 11.8 Å². The Morgan fingerprint density at radius 3 is 2.61 bits per heavy atom. The molecule has 0 N–H and O–H groups in total. The highest BCUT2D eigenvalue weighted by molar-refractivity contribution is 5.87. The average molecular weight is 434 g/mol. The third-order valence-electron chi connectivity index (χ3n) is 4.99. The molecule has 0 bridgehead atoms. The van der Waals surface area contributed by atoms with E-state index < -0.39 is 11.7 Å². The maximum Gasteiger partial charge on any atom is 0.416 e. The van der Waals surface area contributed by atoms with Crippen LogP contribution in [-0.4, -0.2) is 59.4 Å². The summed E-state index contributed by atoms with van der Waals surface area (Å²) in [6.07, 6.45) is 3.29. The maximum atomic E-state index is 13.0. The van der Waals surface area contributed by atoms with Crippen LogP contribution in [0.2, 0.25) is 0 Å². The lowest BCUT2D eigenvalue weighted by atomic mass is 9.93. The van der Waals surface area contributed by atoms with Gasteiger partial charge in [0, 0.05) is 44.0 Å². The van der Waals surface area contributed by atoms with E-state index in [2.05, 4.69) is 9.97 Å². The molecule has 9 heteroatoms. The third kappa shape index (κ3) is 6.27. The predicted molar refractivity (Wildman–Crippen MR) is 110 cm³/mol. The van der Waals surface area contributed by atoms with E-state index in [-0.39, 0.29) is 23.5 Å². The zero-order valence-electron chi connectivity index (χ0n) is 17.5. The maximum absolute atomic E-state index is 13.0. The van der Waals surface area contributed by atoms with Gasteiger partial charge in [0.05, 0.1) is 5.56 Å². The van der Waals surface area contributed by atoms with Crippen LogP contribution in [0.4, 0.5) is 13.2 Å². The molecule has 0 aliphatic carbocycles. The molecule has 1 aliphatic rings. The van der Waals surface area contributed by atoms with Gasteiger partial charge in [0.25, 0.3) is 0 Å². The van der Waals surface area contributed by atoms with Crippen molar-refractivity contribution in [1.82, 2.24) is 19.8 Å². The molecule has 1 aliphatic heterocycles. The van der Waals surface area contributed by atoms with Crippen LogP contribution in [0.5, 0.6) is 11.6 Å². The Morgan fingerprint density at radius 2 is 1.94 bits per heavy atom. The summed E-state index contributed by atoms with van der Waals surface area (Å²) in [4.78, 5) is 24.6. The molecule has 0 unspecified atom stereocenters. The smallest absolute Gasteiger partial charge is 0.416 e. The van der Waals surface area contributed by atoms with Crippen molar-refractivity contribution in [3.8, 4) is 11.6 Å². The van der Waals surface area contributed by atoms with Crippen LogP contribution in [0.3, 0.4) is 0 Å². The highest BCUT2D eigenvalue weighted by atomic mass is 19.4. The quantitative estimate of drug-likeness (QED) is 0.641. The number of amides is 1. The van der Waals surface area contributed by atoms with E-state index in [0.29, 0.717) is 38.2 Å². The van der Waals surface area contributed by atoms with Crippen LogP contribution in [0.15, 0.2) is 48.8 Å². The number of piperidine rings is 1. The molecule has 31 heavy (non-hydrogen) atoms. The predicted octanol–water partition coefficient (Wildman–Crippen LogP) is 4.11. The molecule has 2 heterocycles. The van der Waals surface area contributed by atoms with Crippen LogP contribution in [0.1, 0.15) is 30.0 Å². The summed E-state index contributed by atoms with van der Waals surface area (Å²) >= 11 is 0. The summed E-state index contributed by atoms with van der Waals surface area (Å²) in [6.45, 7) is 1.82. The van der Waals surface area contributed by atoms with Gasteiger partial charge in [-0.05, 0) is 45.1 Å². The molecule has 6 nitrogen and oxygen atoms in total. The van der Waals surface area contributed by atoms with Gasteiger partial charge >= 0.3 is 6.18 Å². The van der Waals surface area contributed by atoms with Crippen LogP contribution in [0.25, 0.3) is 0 Å². The molecule has 0 atom stereocenters. The van der Waals surface area contributed by atoms with Gasteiger partial charge in [-0.1, -0.05) is 12.1 Å². The second-order valence-electron chi connectivity index (χ2n) is 7.64. The minimum absolute atomic E-state index is 0.00398. The molecular formula is C22H25F3N4O2. The number of likely N-dealkylation sites (tertiary alicyclic amines) is 1. The molecule has 1 fully saturated rings. The molecule has 2 aromatic rings. The van der Waals surface area contributed by atoms with E-state index in [1.807, 2.05) is 25.1 Å². The van der Waals surface area contributed by atoms with Crippen molar-refractivity contribution >= 4 is 5.91 Å². The van der Waals surface area contributed by atoms with Crippen LogP contribution in [0, 0.1) is 0 Å². The van der Waals surface area contributed by atoms with E-state index in [9.17, 15) is 18.0 Å². The summed E-state index contributed by atoms with van der Waals surface area (Å²) in [5.74, 6) is 0.219. The first-order valence-electron chi connectivity index (χ1n) is 10.00. The number of likely N-dealkylation sites (N-methyl/N-ethyl adjacent to an activating group) is 1. The number of hydrogen-bond acceptors (Lipinski definition) is 5. The molecule has 1 aromatic heterocycles. The molecule has 1 aromatic carbocycles. The molecule has 1 saturated heterocycles. The standard InChI is InChI=1S/C22H25F3N4O2/c1-28(2)12-4-7-19(30)29-13-8-16(9-14-29)20-21(27-11-10-26-20)31-18-6-3-5-17(15-18)22(23,24)25/h3-7,10-11,15-16H,8-9,12-14H2,1-2H3/b7-4+. The number of rotatable bonds is 6. The minimum Gasteiger partial charge on any atom is -0.437 e. The lowest BCUT2D eigenvalue weighted by Gasteiger charge is -2.31. The van der Waals surface area contributed by atoms with Crippen molar-refractivity contribution in [2.75, 3.05) is 33.7 Å². The van der Waals surface area contributed by atoms with Crippen LogP contribution >= 0.6 is 0 Å². The van der Waals surface area contributed by atoms with Gasteiger partial charge < -0.3 is 14.5 Å². The van der Waals surface area contributed by atoms with Crippen molar-refractivity contribution in [2.24, 2.45) is 0 Å². The van der Waals surface area contributed by atoms with Crippen molar-refractivity contribution in [3.05, 3.63) is 60.1 Å². The van der Waals surface area contributed by atoms with E-state index >= 15 is 0 Å². The molecule has 0 saturated carbocycles. The lowest BCUT2D eigenvalue weighted by molar-refractivity contribution is -0.137. The summed E-state index contributed by atoms with van der Waals surface area (Å²) < 4.78 is 44.6. The first kappa shape index (κ1) is 22.7.